The third kappa shape index (κ3) is 5.97. The summed E-state index contributed by atoms with van der Waals surface area (Å²) in [4.78, 5) is 9.79. The first-order valence-electron chi connectivity index (χ1n) is 10.2. The van der Waals surface area contributed by atoms with Gasteiger partial charge in [-0.05, 0) is 62.4 Å². The van der Waals surface area contributed by atoms with Crippen molar-refractivity contribution in [1.82, 2.24) is 10.6 Å². The van der Waals surface area contributed by atoms with E-state index in [4.69, 9.17) is 4.99 Å². The van der Waals surface area contributed by atoms with Crippen LogP contribution in [0.5, 0.6) is 0 Å². The number of benzene rings is 1. The van der Waals surface area contributed by atoms with Gasteiger partial charge < -0.3 is 20.6 Å². The Morgan fingerprint density at radius 1 is 1.14 bits per heavy atom. The second-order valence-electron chi connectivity index (χ2n) is 7.34. The molecule has 1 fully saturated rings. The van der Waals surface area contributed by atoms with Crippen molar-refractivity contribution in [2.24, 2.45) is 10.9 Å². The van der Waals surface area contributed by atoms with Crippen molar-refractivity contribution in [2.45, 2.75) is 39.8 Å². The zero-order chi connectivity index (χ0) is 19.8. The fraction of sp³-hybridized carbons (Fsp3) is 0.500. The molecule has 0 saturated carbocycles. The number of aryl methyl sites for hydroxylation is 1. The standard InChI is InChI=1S/C22H32N4OS/c1-3-23-22(25-15-21-9-4-17(2)28-21)24-14-18-5-7-20(8-6-18)26-12-10-19(16-27)11-13-26/h4-9,19,27H,3,10-16H2,1-2H3,(H2,23,24,25). The molecular weight excluding hydrogens is 368 g/mol. The molecule has 0 aliphatic carbocycles. The first kappa shape index (κ1) is 20.7. The average molecular weight is 401 g/mol. The van der Waals surface area contributed by atoms with Crippen LogP contribution in [0.15, 0.2) is 41.4 Å². The minimum absolute atomic E-state index is 0.318. The Balaban J connectivity index is 1.53. The Labute approximate surface area is 172 Å². The molecule has 1 saturated heterocycles. The van der Waals surface area contributed by atoms with E-state index in [-0.39, 0.29) is 0 Å². The van der Waals surface area contributed by atoms with Crippen LogP contribution in [0.3, 0.4) is 0 Å². The number of piperidine rings is 1. The van der Waals surface area contributed by atoms with Gasteiger partial charge in [-0.2, -0.15) is 0 Å². The minimum atomic E-state index is 0.318. The molecule has 0 atom stereocenters. The average Bonchev–Trinajstić information content (AvgIpc) is 3.16. The molecule has 3 rings (SSSR count). The van der Waals surface area contributed by atoms with E-state index in [1.54, 1.807) is 0 Å². The highest BCUT2D eigenvalue weighted by atomic mass is 32.1. The van der Waals surface area contributed by atoms with E-state index in [0.717, 1.165) is 45.0 Å². The van der Waals surface area contributed by atoms with Crippen LogP contribution in [0.2, 0.25) is 0 Å². The zero-order valence-corrected chi connectivity index (χ0v) is 17.8. The molecule has 152 valence electrons. The molecule has 2 aromatic rings. The summed E-state index contributed by atoms with van der Waals surface area (Å²) >= 11 is 1.82. The highest BCUT2D eigenvalue weighted by Gasteiger charge is 2.18. The van der Waals surface area contributed by atoms with Crippen molar-refractivity contribution < 1.29 is 5.11 Å². The van der Waals surface area contributed by atoms with Gasteiger partial charge in [-0.25, -0.2) is 4.99 Å². The predicted octanol–water partition coefficient (Wildman–Crippen LogP) is 3.52. The normalized spacial score (nSPS) is 15.7. The monoisotopic (exact) mass is 400 g/mol. The summed E-state index contributed by atoms with van der Waals surface area (Å²) in [7, 11) is 0. The fourth-order valence-corrected chi connectivity index (χ4v) is 4.28. The number of aliphatic imine (C=N–C) groups is 1. The van der Waals surface area contributed by atoms with Crippen LogP contribution in [0.4, 0.5) is 5.69 Å². The van der Waals surface area contributed by atoms with Crippen molar-refractivity contribution >= 4 is 23.0 Å². The van der Waals surface area contributed by atoms with Crippen molar-refractivity contribution in [2.75, 3.05) is 31.1 Å². The summed E-state index contributed by atoms with van der Waals surface area (Å²) in [5.41, 5.74) is 2.47. The van der Waals surface area contributed by atoms with Crippen molar-refractivity contribution in [3.05, 3.63) is 51.7 Å². The lowest BCUT2D eigenvalue weighted by atomic mass is 9.97. The smallest absolute Gasteiger partial charge is 0.191 e. The van der Waals surface area contributed by atoms with Crippen molar-refractivity contribution in [3.8, 4) is 0 Å². The summed E-state index contributed by atoms with van der Waals surface area (Å²) in [6, 6.07) is 13.0. The number of anilines is 1. The molecule has 0 spiro atoms. The van der Waals surface area contributed by atoms with Crippen molar-refractivity contribution in [1.29, 1.82) is 0 Å². The van der Waals surface area contributed by atoms with Crippen LogP contribution in [0.1, 0.15) is 35.1 Å². The molecule has 2 heterocycles. The maximum absolute atomic E-state index is 9.29. The van der Waals surface area contributed by atoms with Crippen LogP contribution < -0.4 is 15.5 Å². The first-order chi connectivity index (χ1) is 13.7. The van der Waals surface area contributed by atoms with E-state index in [1.807, 2.05) is 11.3 Å². The highest BCUT2D eigenvalue weighted by Crippen LogP contribution is 2.23. The Morgan fingerprint density at radius 3 is 2.50 bits per heavy atom. The highest BCUT2D eigenvalue weighted by molar-refractivity contribution is 7.11. The second-order valence-corrected chi connectivity index (χ2v) is 8.71. The largest absolute Gasteiger partial charge is 0.396 e. The molecule has 1 aromatic carbocycles. The second kappa shape index (κ2) is 10.5. The minimum Gasteiger partial charge on any atom is -0.396 e. The third-order valence-corrected chi connectivity index (χ3v) is 6.16. The number of nitrogens with one attached hydrogen (secondary N) is 2. The fourth-order valence-electron chi connectivity index (χ4n) is 3.45. The molecule has 0 bridgehead atoms. The summed E-state index contributed by atoms with van der Waals surface area (Å²) in [6.07, 6.45) is 2.15. The molecule has 0 amide bonds. The molecule has 0 unspecified atom stereocenters. The lowest BCUT2D eigenvalue weighted by Crippen LogP contribution is -2.36. The maximum atomic E-state index is 9.29. The van der Waals surface area contributed by atoms with E-state index < -0.39 is 0 Å². The molecule has 28 heavy (non-hydrogen) atoms. The third-order valence-electron chi connectivity index (χ3n) is 5.16. The van der Waals surface area contributed by atoms with Crippen LogP contribution in [-0.2, 0) is 13.1 Å². The van der Waals surface area contributed by atoms with Gasteiger partial charge in [-0.3, -0.25) is 0 Å². The van der Waals surface area contributed by atoms with E-state index in [1.165, 1.54) is 21.0 Å². The molecule has 1 aliphatic heterocycles. The van der Waals surface area contributed by atoms with Gasteiger partial charge in [0.15, 0.2) is 5.96 Å². The van der Waals surface area contributed by atoms with Crippen molar-refractivity contribution in [3.63, 3.8) is 0 Å². The van der Waals surface area contributed by atoms with Gasteiger partial charge in [0.25, 0.3) is 0 Å². The summed E-state index contributed by atoms with van der Waals surface area (Å²) in [5.74, 6) is 1.32. The number of guanidine groups is 1. The van der Waals surface area contributed by atoms with Gasteiger partial charge in [0.2, 0.25) is 0 Å². The molecule has 0 radical (unpaired) electrons. The molecule has 1 aliphatic rings. The van der Waals surface area contributed by atoms with E-state index >= 15 is 0 Å². The summed E-state index contributed by atoms with van der Waals surface area (Å²) < 4.78 is 0. The number of hydrogen-bond acceptors (Lipinski definition) is 4. The number of hydrogen-bond donors (Lipinski definition) is 3. The lowest BCUT2D eigenvalue weighted by molar-refractivity contribution is 0.203. The molecule has 6 heteroatoms. The number of thiophene rings is 1. The van der Waals surface area contributed by atoms with Crippen LogP contribution >= 0.6 is 11.3 Å². The van der Waals surface area contributed by atoms with Gasteiger partial charge in [0.05, 0.1) is 13.1 Å². The summed E-state index contributed by atoms with van der Waals surface area (Å²) in [6.45, 7) is 8.89. The topological polar surface area (TPSA) is 59.9 Å². The van der Waals surface area contributed by atoms with Crippen LogP contribution in [0, 0.1) is 12.8 Å². The van der Waals surface area contributed by atoms with Crippen LogP contribution in [-0.4, -0.2) is 37.3 Å². The lowest BCUT2D eigenvalue weighted by Gasteiger charge is -2.32. The van der Waals surface area contributed by atoms with Crippen LogP contribution in [0.25, 0.3) is 0 Å². The van der Waals surface area contributed by atoms with Gasteiger partial charge in [-0.15, -0.1) is 11.3 Å². The van der Waals surface area contributed by atoms with E-state index in [0.29, 0.717) is 19.1 Å². The Morgan fingerprint density at radius 2 is 1.89 bits per heavy atom. The zero-order valence-electron chi connectivity index (χ0n) is 16.9. The molecule has 5 nitrogen and oxygen atoms in total. The van der Waals surface area contributed by atoms with Gasteiger partial charge >= 0.3 is 0 Å². The molecular formula is C22H32N4OS. The number of aliphatic hydroxyl groups excluding tert-OH is 1. The van der Waals surface area contributed by atoms with Gasteiger partial charge in [-0.1, -0.05) is 12.1 Å². The Kier molecular flexibility index (Phi) is 7.74. The number of rotatable bonds is 7. The van der Waals surface area contributed by atoms with Gasteiger partial charge in [0, 0.05) is 41.7 Å². The number of aliphatic hydroxyl groups is 1. The SMILES string of the molecule is CCNC(=NCc1ccc(N2CCC(CO)CC2)cc1)NCc1ccc(C)s1. The quantitative estimate of drug-likeness (QED) is 0.492. The first-order valence-corrected chi connectivity index (χ1v) is 11.0. The summed E-state index contributed by atoms with van der Waals surface area (Å²) in [5, 5.41) is 16.0. The van der Waals surface area contributed by atoms with E-state index in [2.05, 4.69) is 65.8 Å². The maximum Gasteiger partial charge on any atom is 0.191 e. The predicted molar refractivity (Wildman–Crippen MR) is 119 cm³/mol. The Bertz CT molecular complexity index is 748. The Hall–Kier alpha value is -2.05. The number of nitrogens with zero attached hydrogens (tertiary/aromatic N) is 2. The molecule has 3 N–H and O–H groups in total. The van der Waals surface area contributed by atoms with E-state index in [9.17, 15) is 5.11 Å². The van der Waals surface area contributed by atoms with Gasteiger partial charge in [0.1, 0.15) is 0 Å². The molecule has 1 aromatic heterocycles.